The first-order valence-corrected chi connectivity index (χ1v) is 8.80. The number of anilines is 1. The van der Waals surface area contributed by atoms with Gasteiger partial charge in [-0.25, -0.2) is 0 Å². The lowest BCUT2D eigenvalue weighted by molar-refractivity contribution is -0.115. The van der Waals surface area contributed by atoms with Gasteiger partial charge in [-0.15, -0.1) is 11.8 Å². The van der Waals surface area contributed by atoms with Crippen LogP contribution in [0.2, 0.25) is 0 Å². The Bertz CT molecular complexity index is 670. The van der Waals surface area contributed by atoms with Crippen LogP contribution in [0.15, 0.2) is 47.4 Å². The van der Waals surface area contributed by atoms with Crippen molar-refractivity contribution in [2.75, 3.05) is 17.7 Å². The minimum absolute atomic E-state index is 0.00786. The number of carbonyl (C=O) groups excluding carboxylic acids is 1. The molecule has 0 aliphatic rings. The highest BCUT2D eigenvalue weighted by Gasteiger charge is 2.07. The summed E-state index contributed by atoms with van der Waals surface area (Å²) in [6, 6.07) is 13.9. The number of nitrogens with one attached hydrogen (secondary N) is 1. The normalized spacial score (nSPS) is 10.4. The van der Waals surface area contributed by atoms with Crippen LogP contribution >= 0.6 is 11.8 Å². The predicted molar refractivity (Wildman–Crippen MR) is 97.5 cm³/mol. The summed E-state index contributed by atoms with van der Waals surface area (Å²) in [6.45, 7) is 6.72. The maximum absolute atomic E-state index is 12.1. The van der Waals surface area contributed by atoms with E-state index in [4.69, 9.17) is 4.74 Å². The number of benzene rings is 2. The SMILES string of the molecule is CCOc1ccccc1NC(=O)CCSc1ccc(C)c(C)c1. The number of hydrogen-bond acceptors (Lipinski definition) is 3. The van der Waals surface area contributed by atoms with Crippen LogP contribution in [-0.4, -0.2) is 18.3 Å². The second-order valence-electron chi connectivity index (χ2n) is 5.32. The minimum Gasteiger partial charge on any atom is -0.492 e. The summed E-state index contributed by atoms with van der Waals surface area (Å²) in [4.78, 5) is 13.3. The number of rotatable bonds is 7. The van der Waals surface area contributed by atoms with Gasteiger partial charge in [0.2, 0.25) is 5.91 Å². The summed E-state index contributed by atoms with van der Waals surface area (Å²) >= 11 is 1.70. The van der Waals surface area contributed by atoms with Crippen LogP contribution in [0, 0.1) is 13.8 Å². The second-order valence-corrected chi connectivity index (χ2v) is 6.49. The fourth-order valence-corrected chi connectivity index (χ4v) is 3.08. The third-order valence-electron chi connectivity index (χ3n) is 3.54. The van der Waals surface area contributed by atoms with Crippen molar-refractivity contribution in [1.82, 2.24) is 0 Å². The second kappa shape index (κ2) is 8.63. The molecule has 0 radical (unpaired) electrons. The van der Waals surface area contributed by atoms with Gasteiger partial charge in [0.15, 0.2) is 0 Å². The smallest absolute Gasteiger partial charge is 0.225 e. The van der Waals surface area contributed by atoms with Crippen LogP contribution in [0.4, 0.5) is 5.69 Å². The maximum Gasteiger partial charge on any atom is 0.225 e. The fraction of sp³-hybridized carbons (Fsp3) is 0.316. The number of para-hydroxylation sites is 2. The summed E-state index contributed by atoms with van der Waals surface area (Å²) in [5, 5.41) is 2.92. The Labute approximate surface area is 142 Å². The molecule has 0 aliphatic carbocycles. The van der Waals surface area contributed by atoms with E-state index in [0.717, 1.165) is 11.4 Å². The first-order chi connectivity index (χ1) is 11.1. The van der Waals surface area contributed by atoms with Gasteiger partial charge in [-0.05, 0) is 56.2 Å². The van der Waals surface area contributed by atoms with Crippen LogP contribution < -0.4 is 10.1 Å². The van der Waals surface area contributed by atoms with Crippen molar-refractivity contribution in [2.45, 2.75) is 32.1 Å². The van der Waals surface area contributed by atoms with Crippen molar-refractivity contribution >= 4 is 23.4 Å². The van der Waals surface area contributed by atoms with E-state index >= 15 is 0 Å². The van der Waals surface area contributed by atoms with Crippen LogP contribution in [-0.2, 0) is 4.79 Å². The zero-order valence-corrected chi connectivity index (χ0v) is 14.7. The number of aryl methyl sites for hydroxylation is 2. The highest BCUT2D eigenvalue weighted by Crippen LogP contribution is 2.25. The van der Waals surface area contributed by atoms with Gasteiger partial charge in [0.25, 0.3) is 0 Å². The molecule has 2 rings (SSSR count). The standard InChI is InChI=1S/C19H23NO2S/c1-4-22-18-8-6-5-7-17(18)20-19(21)11-12-23-16-10-9-14(2)15(3)13-16/h5-10,13H,4,11-12H2,1-3H3,(H,20,21). The van der Waals surface area contributed by atoms with Crippen LogP contribution in [0.5, 0.6) is 5.75 Å². The van der Waals surface area contributed by atoms with Crippen LogP contribution in [0.25, 0.3) is 0 Å². The highest BCUT2D eigenvalue weighted by molar-refractivity contribution is 7.99. The average Bonchev–Trinajstić information content (AvgIpc) is 2.53. The molecule has 2 aromatic rings. The number of thioether (sulfide) groups is 1. The monoisotopic (exact) mass is 329 g/mol. The summed E-state index contributed by atoms with van der Waals surface area (Å²) in [5.41, 5.74) is 3.31. The van der Waals surface area contributed by atoms with E-state index in [0.29, 0.717) is 18.8 Å². The first-order valence-electron chi connectivity index (χ1n) is 7.82. The number of amides is 1. The molecule has 23 heavy (non-hydrogen) atoms. The quantitative estimate of drug-likeness (QED) is 0.740. The third kappa shape index (κ3) is 5.32. The molecule has 0 saturated carbocycles. The Balaban J connectivity index is 1.84. The van der Waals surface area contributed by atoms with Gasteiger partial charge in [0.05, 0.1) is 12.3 Å². The number of ether oxygens (including phenoxy) is 1. The summed E-state index contributed by atoms with van der Waals surface area (Å²) in [5.74, 6) is 1.48. The molecule has 3 nitrogen and oxygen atoms in total. The van der Waals surface area contributed by atoms with Gasteiger partial charge in [-0.3, -0.25) is 4.79 Å². The molecule has 122 valence electrons. The van der Waals surface area contributed by atoms with Gasteiger partial charge in [0, 0.05) is 17.1 Å². The van der Waals surface area contributed by atoms with Crippen molar-refractivity contribution in [3.8, 4) is 5.75 Å². The van der Waals surface area contributed by atoms with E-state index in [-0.39, 0.29) is 5.91 Å². The van der Waals surface area contributed by atoms with E-state index in [1.807, 2.05) is 31.2 Å². The summed E-state index contributed by atoms with van der Waals surface area (Å²) in [6.07, 6.45) is 0.470. The Morgan fingerprint density at radius 2 is 1.91 bits per heavy atom. The van der Waals surface area contributed by atoms with E-state index in [2.05, 4.69) is 37.4 Å². The summed E-state index contributed by atoms with van der Waals surface area (Å²) < 4.78 is 5.52. The molecule has 0 aromatic heterocycles. The zero-order valence-electron chi connectivity index (χ0n) is 13.9. The lowest BCUT2D eigenvalue weighted by Crippen LogP contribution is -2.13. The summed E-state index contributed by atoms with van der Waals surface area (Å²) in [7, 11) is 0. The molecule has 0 spiro atoms. The van der Waals surface area contributed by atoms with Gasteiger partial charge in [-0.1, -0.05) is 18.2 Å². The Morgan fingerprint density at radius 1 is 1.13 bits per heavy atom. The molecule has 0 heterocycles. The lowest BCUT2D eigenvalue weighted by Gasteiger charge is -2.11. The molecule has 1 N–H and O–H groups in total. The van der Waals surface area contributed by atoms with Crippen LogP contribution in [0.3, 0.4) is 0 Å². The maximum atomic E-state index is 12.1. The minimum atomic E-state index is 0.00786. The van der Waals surface area contributed by atoms with E-state index < -0.39 is 0 Å². The topological polar surface area (TPSA) is 38.3 Å². The molecule has 0 bridgehead atoms. The zero-order chi connectivity index (χ0) is 16.7. The highest BCUT2D eigenvalue weighted by atomic mass is 32.2. The van der Waals surface area contributed by atoms with Gasteiger partial charge in [-0.2, -0.15) is 0 Å². The van der Waals surface area contributed by atoms with Gasteiger partial charge < -0.3 is 10.1 Å². The predicted octanol–water partition coefficient (Wildman–Crippen LogP) is 4.82. The Morgan fingerprint density at radius 3 is 2.65 bits per heavy atom. The Kier molecular flexibility index (Phi) is 6.53. The molecule has 0 atom stereocenters. The fourth-order valence-electron chi connectivity index (χ4n) is 2.13. The van der Waals surface area contributed by atoms with E-state index in [1.54, 1.807) is 11.8 Å². The molecule has 4 heteroatoms. The first kappa shape index (κ1) is 17.4. The van der Waals surface area contributed by atoms with Crippen molar-refractivity contribution in [3.63, 3.8) is 0 Å². The largest absolute Gasteiger partial charge is 0.492 e. The van der Waals surface area contributed by atoms with Crippen molar-refractivity contribution in [2.24, 2.45) is 0 Å². The van der Waals surface area contributed by atoms with Crippen LogP contribution in [0.1, 0.15) is 24.5 Å². The molecule has 0 fully saturated rings. The molecular formula is C19H23NO2S. The molecule has 2 aromatic carbocycles. The van der Waals surface area contributed by atoms with E-state index in [9.17, 15) is 4.79 Å². The van der Waals surface area contributed by atoms with Crippen molar-refractivity contribution in [3.05, 3.63) is 53.6 Å². The average molecular weight is 329 g/mol. The molecular weight excluding hydrogens is 306 g/mol. The number of hydrogen-bond donors (Lipinski definition) is 1. The van der Waals surface area contributed by atoms with Crippen molar-refractivity contribution in [1.29, 1.82) is 0 Å². The van der Waals surface area contributed by atoms with Gasteiger partial charge in [0.1, 0.15) is 5.75 Å². The van der Waals surface area contributed by atoms with E-state index in [1.165, 1.54) is 16.0 Å². The molecule has 0 unspecified atom stereocenters. The Hall–Kier alpha value is -1.94. The third-order valence-corrected chi connectivity index (χ3v) is 4.53. The molecule has 1 amide bonds. The van der Waals surface area contributed by atoms with Crippen molar-refractivity contribution < 1.29 is 9.53 Å². The number of carbonyl (C=O) groups is 1. The molecule has 0 aliphatic heterocycles. The lowest BCUT2D eigenvalue weighted by atomic mass is 10.1. The molecule has 0 saturated heterocycles. The van der Waals surface area contributed by atoms with Gasteiger partial charge >= 0.3 is 0 Å².